The predicted molar refractivity (Wildman–Crippen MR) is 66.3 cm³/mol. The molecule has 0 aromatic heterocycles. The minimum absolute atomic E-state index is 0.804. The molecule has 0 spiro atoms. The third-order valence-electron chi connectivity index (χ3n) is 2.53. The van der Waals surface area contributed by atoms with Crippen LogP contribution in [-0.2, 0) is 0 Å². The van der Waals surface area contributed by atoms with Gasteiger partial charge in [-0.05, 0) is 42.7 Å². The summed E-state index contributed by atoms with van der Waals surface area (Å²) in [6, 6.07) is 5.69. The lowest BCUT2D eigenvalue weighted by atomic mass is 9.98. The van der Waals surface area contributed by atoms with Crippen LogP contribution in [-0.4, -0.2) is 18.5 Å². The minimum Gasteiger partial charge on any atom is -0.497 e. The van der Waals surface area contributed by atoms with Gasteiger partial charge in [0.2, 0.25) is 0 Å². The molecular formula is C13H17NO2. The highest BCUT2D eigenvalue weighted by molar-refractivity contribution is 5.88. The van der Waals surface area contributed by atoms with Gasteiger partial charge in [0.05, 0.1) is 13.3 Å². The summed E-state index contributed by atoms with van der Waals surface area (Å²) in [6.45, 7) is 4.09. The van der Waals surface area contributed by atoms with Gasteiger partial charge in [-0.15, -0.1) is 0 Å². The third kappa shape index (κ3) is 2.63. The van der Waals surface area contributed by atoms with Crippen molar-refractivity contribution in [1.82, 2.24) is 0 Å². The normalized spacial score (nSPS) is 12.1. The van der Waals surface area contributed by atoms with E-state index in [1.807, 2.05) is 25.1 Å². The third-order valence-corrected chi connectivity index (χ3v) is 2.53. The fraction of sp³-hybridized carbons (Fsp3) is 0.308. The quantitative estimate of drug-likeness (QED) is 0.479. The molecular weight excluding hydrogens is 202 g/mol. The zero-order chi connectivity index (χ0) is 12.0. The van der Waals surface area contributed by atoms with Crippen LogP contribution in [0.1, 0.15) is 31.4 Å². The van der Waals surface area contributed by atoms with E-state index in [-0.39, 0.29) is 0 Å². The Bertz CT molecular complexity index is 408. The summed E-state index contributed by atoms with van der Waals surface area (Å²) in [7, 11) is 1.64. The summed E-state index contributed by atoms with van der Waals surface area (Å²) >= 11 is 0. The summed E-state index contributed by atoms with van der Waals surface area (Å²) in [5.74, 6) is 0.804. The maximum atomic E-state index is 8.62. The van der Waals surface area contributed by atoms with Crippen molar-refractivity contribution in [3.05, 3.63) is 35.4 Å². The second-order valence-corrected chi connectivity index (χ2v) is 3.37. The molecule has 0 fully saturated rings. The van der Waals surface area contributed by atoms with Crippen molar-refractivity contribution < 1.29 is 9.94 Å². The molecule has 0 aliphatic carbocycles. The zero-order valence-electron chi connectivity index (χ0n) is 9.90. The van der Waals surface area contributed by atoms with E-state index >= 15 is 0 Å². The van der Waals surface area contributed by atoms with Crippen LogP contribution in [0.2, 0.25) is 0 Å². The molecule has 0 unspecified atom stereocenters. The number of hydrogen-bond donors (Lipinski definition) is 1. The number of hydrogen-bond acceptors (Lipinski definition) is 3. The van der Waals surface area contributed by atoms with Gasteiger partial charge in [0.15, 0.2) is 0 Å². The van der Waals surface area contributed by atoms with Crippen LogP contribution in [0.3, 0.4) is 0 Å². The Kier molecular flexibility index (Phi) is 4.58. The molecule has 3 heteroatoms. The number of methoxy groups -OCH3 is 1. The highest BCUT2D eigenvalue weighted by atomic mass is 16.5. The molecule has 1 rings (SSSR count). The number of ether oxygens (including phenoxy) is 1. The van der Waals surface area contributed by atoms with Crippen LogP contribution in [0, 0.1) is 0 Å². The first-order valence-corrected chi connectivity index (χ1v) is 5.27. The lowest BCUT2D eigenvalue weighted by molar-refractivity contribution is 0.322. The maximum absolute atomic E-state index is 8.62. The average Bonchev–Trinajstić information content (AvgIpc) is 2.33. The Morgan fingerprint density at radius 2 is 2.25 bits per heavy atom. The van der Waals surface area contributed by atoms with Crippen LogP contribution in [0.25, 0.3) is 5.57 Å². The zero-order valence-corrected chi connectivity index (χ0v) is 9.90. The van der Waals surface area contributed by atoms with Crippen LogP contribution in [0.5, 0.6) is 5.75 Å². The first-order valence-electron chi connectivity index (χ1n) is 5.27. The topological polar surface area (TPSA) is 41.8 Å². The van der Waals surface area contributed by atoms with Crippen molar-refractivity contribution in [2.24, 2.45) is 5.16 Å². The minimum atomic E-state index is 0.804. The van der Waals surface area contributed by atoms with E-state index in [1.54, 1.807) is 7.11 Å². The Morgan fingerprint density at radius 3 is 2.75 bits per heavy atom. The summed E-state index contributed by atoms with van der Waals surface area (Å²) in [5.41, 5.74) is 3.13. The van der Waals surface area contributed by atoms with E-state index in [9.17, 15) is 0 Å². The largest absolute Gasteiger partial charge is 0.497 e. The van der Waals surface area contributed by atoms with Crippen molar-refractivity contribution in [2.75, 3.05) is 7.11 Å². The van der Waals surface area contributed by atoms with Crippen LogP contribution < -0.4 is 4.74 Å². The van der Waals surface area contributed by atoms with Crippen LogP contribution >= 0.6 is 0 Å². The molecule has 0 aliphatic rings. The fourth-order valence-electron chi connectivity index (χ4n) is 1.67. The molecule has 1 aromatic carbocycles. The molecule has 0 radical (unpaired) electrons. The SMILES string of the molecule is C/C=C(/CC)c1cc(OC)ccc1/C=N/O. The van der Waals surface area contributed by atoms with Gasteiger partial charge in [-0.1, -0.05) is 18.2 Å². The molecule has 0 atom stereocenters. The summed E-state index contributed by atoms with van der Waals surface area (Å²) in [5, 5.41) is 11.7. The first kappa shape index (κ1) is 12.3. The Balaban J connectivity index is 3.30. The first-order chi connectivity index (χ1) is 7.76. The summed E-state index contributed by atoms with van der Waals surface area (Å²) in [4.78, 5) is 0. The van der Waals surface area contributed by atoms with Gasteiger partial charge in [-0.25, -0.2) is 0 Å². The monoisotopic (exact) mass is 219 g/mol. The van der Waals surface area contributed by atoms with Crippen LogP contribution in [0.4, 0.5) is 0 Å². The molecule has 16 heavy (non-hydrogen) atoms. The summed E-state index contributed by atoms with van der Waals surface area (Å²) in [6.07, 6.45) is 4.42. The molecule has 0 bridgehead atoms. The lowest BCUT2D eigenvalue weighted by Crippen LogP contribution is -1.94. The fourth-order valence-corrected chi connectivity index (χ4v) is 1.67. The highest BCUT2D eigenvalue weighted by Crippen LogP contribution is 2.25. The molecule has 1 N–H and O–H groups in total. The van der Waals surface area contributed by atoms with E-state index in [0.717, 1.165) is 23.3 Å². The van der Waals surface area contributed by atoms with E-state index in [1.165, 1.54) is 11.8 Å². The maximum Gasteiger partial charge on any atom is 0.119 e. The van der Waals surface area contributed by atoms with Gasteiger partial charge in [-0.3, -0.25) is 0 Å². The smallest absolute Gasteiger partial charge is 0.119 e. The molecule has 0 amide bonds. The molecule has 3 nitrogen and oxygen atoms in total. The van der Waals surface area contributed by atoms with Gasteiger partial charge in [-0.2, -0.15) is 0 Å². The van der Waals surface area contributed by atoms with Gasteiger partial charge >= 0.3 is 0 Å². The van der Waals surface area contributed by atoms with Gasteiger partial charge < -0.3 is 9.94 Å². The molecule has 1 aromatic rings. The molecule has 0 saturated carbocycles. The van der Waals surface area contributed by atoms with E-state index in [0.29, 0.717) is 0 Å². The number of allylic oxidation sites excluding steroid dienone is 2. The molecule has 0 aliphatic heterocycles. The average molecular weight is 219 g/mol. The highest BCUT2D eigenvalue weighted by Gasteiger charge is 2.06. The Morgan fingerprint density at radius 1 is 1.50 bits per heavy atom. The molecule has 0 saturated heterocycles. The number of nitrogens with zero attached hydrogens (tertiary/aromatic N) is 1. The number of oxime groups is 1. The number of benzene rings is 1. The van der Waals surface area contributed by atoms with E-state index < -0.39 is 0 Å². The van der Waals surface area contributed by atoms with Crippen molar-refractivity contribution in [2.45, 2.75) is 20.3 Å². The summed E-state index contributed by atoms with van der Waals surface area (Å²) < 4.78 is 5.19. The second-order valence-electron chi connectivity index (χ2n) is 3.37. The van der Waals surface area contributed by atoms with Crippen LogP contribution in [0.15, 0.2) is 29.4 Å². The van der Waals surface area contributed by atoms with Gasteiger partial charge in [0.1, 0.15) is 5.75 Å². The van der Waals surface area contributed by atoms with Crippen molar-refractivity contribution in [3.8, 4) is 5.75 Å². The van der Waals surface area contributed by atoms with Gasteiger partial charge in [0, 0.05) is 5.56 Å². The molecule has 0 heterocycles. The van der Waals surface area contributed by atoms with E-state index in [2.05, 4.69) is 18.2 Å². The van der Waals surface area contributed by atoms with Crippen molar-refractivity contribution in [3.63, 3.8) is 0 Å². The van der Waals surface area contributed by atoms with Crippen molar-refractivity contribution in [1.29, 1.82) is 0 Å². The number of rotatable bonds is 4. The Hall–Kier alpha value is -1.77. The molecule has 86 valence electrons. The van der Waals surface area contributed by atoms with Crippen molar-refractivity contribution >= 4 is 11.8 Å². The van der Waals surface area contributed by atoms with E-state index in [4.69, 9.17) is 9.94 Å². The Labute approximate surface area is 96.1 Å². The van der Waals surface area contributed by atoms with Gasteiger partial charge in [0.25, 0.3) is 0 Å². The lowest BCUT2D eigenvalue weighted by Gasteiger charge is -2.10. The standard InChI is InChI=1S/C13H17NO2/c1-4-10(5-2)13-8-12(16-3)7-6-11(13)9-14-15/h4,6-9,15H,5H2,1-3H3/b10-4-,14-9+. The predicted octanol–water partition coefficient (Wildman–Crippen LogP) is 3.32. The second kappa shape index (κ2) is 5.95.